The summed E-state index contributed by atoms with van der Waals surface area (Å²) in [7, 11) is 0. The minimum absolute atomic E-state index is 0.101. The van der Waals surface area contributed by atoms with Crippen LogP contribution < -0.4 is 0 Å². The summed E-state index contributed by atoms with van der Waals surface area (Å²) >= 11 is 0. The van der Waals surface area contributed by atoms with Gasteiger partial charge in [-0.05, 0) is 68.4 Å². The molecular weight excluding hydrogens is 537 g/mol. The average Bonchev–Trinajstić information content (AvgIpc) is 3.38. The second-order valence-electron chi connectivity index (χ2n) is 11.5. The number of carbonyl (C=O) groups excluding carboxylic acids is 1. The lowest BCUT2D eigenvalue weighted by Gasteiger charge is -2.13. The van der Waals surface area contributed by atoms with Crippen LogP contribution in [-0.4, -0.2) is 12.6 Å². The maximum atomic E-state index is 14.0. The van der Waals surface area contributed by atoms with Crippen LogP contribution in [0.3, 0.4) is 0 Å². The lowest BCUT2D eigenvalue weighted by atomic mass is 9.98. The summed E-state index contributed by atoms with van der Waals surface area (Å²) in [5, 5.41) is 0.821. The number of furan rings is 1. The first-order chi connectivity index (χ1) is 20.2. The van der Waals surface area contributed by atoms with Crippen LogP contribution in [0.15, 0.2) is 59.0 Å². The molecule has 0 saturated carbocycles. The Morgan fingerprint density at radius 1 is 0.786 bits per heavy atom. The minimum atomic E-state index is -4.44. The highest BCUT2D eigenvalue weighted by atomic mass is 19.4. The summed E-state index contributed by atoms with van der Waals surface area (Å²) in [6.07, 6.45) is 11.6. The number of aryl methyl sites for hydroxylation is 2. The standard InChI is InChI=1S/C36H47F3O3/c1-4-5-14-17-28-20-22-31(32(24-28)36(37,38)39)34-26-30-21-19-29(25-33(30)42-34)18-15-12-10-8-6-7-9-11-13-16-23-41-35(40)27(2)3/h19-22,24-26H,2,4-18,23H2,1,3H3. The lowest BCUT2D eigenvalue weighted by Crippen LogP contribution is -2.08. The number of hydrogen-bond acceptors (Lipinski definition) is 3. The molecule has 1 heterocycles. The Labute approximate surface area is 249 Å². The van der Waals surface area contributed by atoms with E-state index in [0.717, 1.165) is 62.3 Å². The quantitative estimate of drug-likeness (QED) is 0.0799. The van der Waals surface area contributed by atoms with Gasteiger partial charge >= 0.3 is 12.1 Å². The number of unbranched alkanes of at least 4 members (excludes halogenated alkanes) is 11. The van der Waals surface area contributed by atoms with Crippen LogP contribution in [0.25, 0.3) is 22.3 Å². The van der Waals surface area contributed by atoms with Gasteiger partial charge in [-0.2, -0.15) is 13.2 Å². The van der Waals surface area contributed by atoms with Gasteiger partial charge in [-0.15, -0.1) is 0 Å². The molecule has 0 atom stereocenters. The number of fused-ring (bicyclic) bond motifs is 1. The molecule has 0 saturated heterocycles. The molecule has 0 unspecified atom stereocenters. The highest BCUT2D eigenvalue weighted by Gasteiger charge is 2.34. The van der Waals surface area contributed by atoms with Crippen LogP contribution in [0.2, 0.25) is 0 Å². The Morgan fingerprint density at radius 2 is 1.36 bits per heavy atom. The second kappa shape index (κ2) is 17.2. The third kappa shape index (κ3) is 11.0. The van der Waals surface area contributed by atoms with Crippen molar-refractivity contribution < 1.29 is 27.1 Å². The van der Waals surface area contributed by atoms with Crippen molar-refractivity contribution in [2.75, 3.05) is 6.61 Å². The first-order valence-corrected chi connectivity index (χ1v) is 15.7. The Kier molecular flexibility index (Phi) is 13.7. The lowest BCUT2D eigenvalue weighted by molar-refractivity contribution is -0.139. The summed E-state index contributed by atoms with van der Waals surface area (Å²) in [5.74, 6) is -0.0381. The van der Waals surface area contributed by atoms with Gasteiger partial charge in [-0.25, -0.2) is 4.79 Å². The van der Waals surface area contributed by atoms with Gasteiger partial charge in [0, 0.05) is 16.5 Å². The van der Waals surface area contributed by atoms with E-state index >= 15 is 0 Å². The molecule has 0 bridgehead atoms. The Morgan fingerprint density at radius 3 is 1.98 bits per heavy atom. The van der Waals surface area contributed by atoms with Gasteiger partial charge in [0.2, 0.25) is 0 Å². The van der Waals surface area contributed by atoms with Gasteiger partial charge in [0.1, 0.15) is 11.3 Å². The van der Waals surface area contributed by atoms with Crippen LogP contribution in [-0.2, 0) is 28.5 Å². The summed E-state index contributed by atoms with van der Waals surface area (Å²) in [6, 6.07) is 12.4. The molecule has 230 valence electrons. The van der Waals surface area contributed by atoms with Crippen molar-refractivity contribution in [3.05, 3.63) is 71.3 Å². The number of rotatable bonds is 19. The first kappa shape index (κ1) is 33.5. The van der Waals surface area contributed by atoms with Crippen molar-refractivity contribution in [3.63, 3.8) is 0 Å². The highest BCUT2D eigenvalue weighted by Crippen LogP contribution is 2.40. The Hall–Kier alpha value is -3.02. The fourth-order valence-corrected chi connectivity index (χ4v) is 5.27. The second-order valence-corrected chi connectivity index (χ2v) is 11.5. The maximum absolute atomic E-state index is 14.0. The van der Waals surface area contributed by atoms with Gasteiger partial charge in [0.05, 0.1) is 12.2 Å². The van der Waals surface area contributed by atoms with Crippen molar-refractivity contribution in [3.8, 4) is 11.3 Å². The molecular formula is C36H47F3O3. The molecule has 0 fully saturated rings. The molecule has 3 rings (SSSR count). The van der Waals surface area contributed by atoms with Crippen LogP contribution in [0, 0.1) is 0 Å². The molecule has 2 aromatic carbocycles. The third-order valence-corrected chi connectivity index (χ3v) is 7.75. The monoisotopic (exact) mass is 584 g/mol. The van der Waals surface area contributed by atoms with Crippen LogP contribution in [0.1, 0.15) is 114 Å². The molecule has 0 aliphatic carbocycles. The molecule has 6 heteroatoms. The van der Waals surface area contributed by atoms with E-state index in [-0.39, 0.29) is 17.3 Å². The number of alkyl halides is 3. The molecule has 3 nitrogen and oxygen atoms in total. The van der Waals surface area contributed by atoms with E-state index in [1.54, 1.807) is 25.1 Å². The molecule has 0 aliphatic rings. The molecule has 0 radical (unpaired) electrons. The van der Waals surface area contributed by atoms with E-state index in [4.69, 9.17) is 9.15 Å². The Balaban J connectivity index is 1.40. The van der Waals surface area contributed by atoms with Crippen molar-refractivity contribution in [1.82, 2.24) is 0 Å². The number of benzene rings is 2. The fourth-order valence-electron chi connectivity index (χ4n) is 5.27. The SMILES string of the molecule is C=C(C)C(=O)OCCCCCCCCCCCCc1ccc2cc(-c3ccc(CCCCC)cc3C(F)(F)F)oc2c1. The van der Waals surface area contributed by atoms with Crippen molar-refractivity contribution in [2.24, 2.45) is 0 Å². The Bertz CT molecular complexity index is 1270. The third-order valence-electron chi connectivity index (χ3n) is 7.75. The summed E-state index contributed by atoms with van der Waals surface area (Å²) in [5.41, 5.74) is 2.43. The van der Waals surface area contributed by atoms with Gasteiger partial charge in [0.15, 0.2) is 0 Å². The van der Waals surface area contributed by atoms with Crippen molar-refractivity contribution >= 4 is 16.9 Å². The summed E-state index contributed by atoms with van der Waals surface area (Å²) < 4.78 is 52.9. The topological polar surface area (TPSA) is 39.4 Å². The number of halogens is 3. The zero-order valence-electron chi connectivity index (χ0n) is 25.4. The number of ether oxygens (including phenoxy) is 1. The highest BCUT2D eigenvalue weighted by molar-refractivity contribution is 5.87. The molecule has 0 N–H and O–H groups in total. The van der Waals surface area contributed by atoms with E-state index < -0.39 is 11.7 Å². The van der Waals surface area contributed by atoms with E-state index in [1.165, 1.54) is 44.6 Å². The normalized spacial score (nSPS) is 11.7. The van der Waals surface area contributed by atoms with E-state index in [0.29, 0.717) is 29.7 Å². The smallest absolute Gasteiger partial charge is 0.417 e. The average molecular weight is 585 g/mol. The molecule has 1 aromatic heterocycles. The maximum Gasteiger partial charge on any atom is 0.417 e. The number of hydrogen-bond donors (Lipinski definition) is 0. The van der Waals surface area contributed by atoms with Gasteiger partial charge in [-0.1, -0.05) is 102 Å². The zero-order valence-corrected chi connectivity index (χ0v) is 25.4. The molecule has 0 amide bonds. The molecule has 42 heavy (non-hydrogen) atoms. The van der Waals surface area contributed by atoms with Crippen LogP contribution >= 0.6 is 0 Å². The molecule has 0 spiro atoms. The zero-order chi connectivity index (χ0) is 30.4. The molecule has 0 aliphatic heterocycles. The number of esters is 1. The minimum Gasteiger partial charge on any atom is -0.462 e. The van der Waals surface area contributed by atoms with E-state index in [1.807, 2.05) is 12.1 Å². The van der Waals surface area contributed by atoms with Crippen molar-refractivity contribution in [1.29, 1.82) is 0 Å². The van der Waals surface area contributed by atoms with E-state index in [2.05, 4.69) is 19.6 Å². The van der Waals surface area contributed by atoms with Gasteiger partial charge in [0.25, 0.3) is 0 Å². The molecule has 3 aromatic rings. The van der Waals surface area contributed by atoms with Gasteiger partial charge < -0.3 is 9.15 Å². The fraction of sp³-hybridized carbons (Fsp3) is 0.528. The van der Waals surface area contributed by atoms with Gasteiger partial charge in [-0.3, -0.25) is 0 Å². The predicted octanol–water partition coefficient (Wildman–Crippen LogP) is 11.4. The van der Waals surface area contributed by atoms with Crippen LogP contribution in [0.5, 0.6) is 0 Å². The van der Waals surface area contributed by atoms with Crippen molar-refractivity contribution in [2.45, 2.75) is 116 Å². The summed E-state index contributed by atoms with van der Waals surface area (Å²) in [4.78, 5) is 11.3. The number of carbonyl (C=O) groups is 1. The first-order valence-electron chi connectivity index (χ1n) is 15.7. The summed E-state index contributed by atoms with van der Waals surface area (Å²) in [6.45, 7) is 7.80. The van der Waals surface area contributed by atoms with E-state index in [9.17, 15) is 18.0 Å². The predicted molar refractivity (Wildman–Crippen MR) is 166 cm³/mol. The largest absolute Gasteiger partial charge is 0.462 e. The van der Waals surface area contributed by atoms with Crippen LogP contribution in [0.4, 0.5) is 13.2 Å².